The molecule has 0 aromatic heterocycles. The van der Waals surface area contributed by atoms with E-state index in [2.05, 4.69) is 6.92 Å². The molecular weight excluding hydrogens is 146 g/mol. The summed E-state index contributed by atoms with van der Waals surface area (Å²) in [5.74, 6) is 0. The van der Waals surface area contributed by atoms with Crippen LogP contribution in [0.3, 0.4) is 0 Å². The van der Waals surface area contributed by atoms with Crippen molar-refractivity contribution in [1.82, 2.24) is 0 Å². The molecule has 10 heavy (non-hydrogen) atoms. The highest BCUT2D eigenvalue weighted by Crippen LogP contribution is 2.03. The Hall–Kier alpha value is 0.0969. The molecule has 0 aliphatic rings. The molecule has 0 aromatic carbocycles. The van der Waals surface area contributed by atoms with E-state index in [1.807, 2.05) is 0 Å². The number of ether oxygens (including phenoxy) is 2. The number of methoxy groups -OCH3 is 2. The van der Waals surface area contributed by atoms with Gasteiger partial charge in [-0.05, 0) is 0 Å². The summed E-state index contributed by atoms with van der Waals surface area (Å²) in [5.41, 5.74) is 4.97. The summed E-state index contributed by atoms with van der Waals surface area (Å²) < 4.78 is 10.0. The highest BCUT2D eigenvalue weighted by atomic mass is 28.2. The topological polar surface area (TPSA) is 44.5 Å². The fraction of sp³-hybridized carbons (Fsp3) is 1.00. The molecule has 0 bridgehead atoms. The first-order chi connectivity index (χ1) is 4.68. The molecule has 0 unspecified atom stereocenters. The van der Waals surface area contributed by atoms with E-state index in [1.165, 1.54) is 0 Å². The number of rotatable bonds is 5. The summed E-state index contributed by atoms with van der Waals surface area (Å²) in [7, 11) is 2.74. The van der Waals surface area contributed by atoms with Crippen molar-refractivity contribution in [3.05, 3.63) is 0 Å². The zero-order valence-electron chi connectivity index (χ0n) is 7.02. The maximum absolute atomic E-state index is 5.70. The first-order valence-corrected chi connectivity index (χ1v) is 5.28. The Bertz CT molecular complexity index is 85.8. The highest BCUT2D eigenvalue weighted by Gasteiger charge is 2.21. The standard InChI is InChI=1S/C6H17NO2Si/c1-4-5-10-6(7,8-2)9-3/h4-5,7,10H2,1-3H3. The third kappa shape index (κ3) is 3.31. The van der Waals surface area contributed by atoms with E-state index < -0.39 is 15.1 Å². The summed E-state index contributed by atoms with van der Waals surface area (Å²) in [6.45, 7) is 2.14. The smallest absolute Gasteiger partial charge is 0.194 e. The first kappa shape index (κ1) is 10.1. The van der Waals surface area contributed by atoms with Gasteiger partial charge < -0.3 is 9.47 Å². The SMILES string of the molecule is CCC[SiH2]C(N)(OC)OC. The van der Waals surface area contributed by atoms with E-state index in [9.17, 15) is 0 Å². The van der Waals surface area contributed by atoms with Gasteiger partial charge in [-0.15, -0.1) is 0 Å². The zero-order chi connectivity index (χ0) is 8.04. The molecule has 0 heterocycles. The van der Waals surface area contributed by atoms with Crippen LogP contribution in [-0.2, 0) is 9.47 Å². The number of nitrogens with two attached hydrogens (primary N) is 1. The predicted octanol–water partition coefficient (Wildman–Crippen LogP) is -0.154. The molecule has 0 aromatic rings. The summed E-state index contributed by atoms with van der Waals surface area (Å²) >= 11 is 0. The van der Waals surface area contributed by atoms with Gasteiger partial charge in [0.05, 0.1) is 0 Å². The third-order valence-corrected chi connectivity index (χ3v) is 3.90. The molecule has 0 amide bonds. The maximum Gasteiger partial charge on any atom is 0.194 e. The summed E-state index contributed by atoms with van der Waals surface area (Å²) in [6, 6.07) is 1.16. The molecule has 62 valence electrons. The highest BCUT2D eigenvalue weighted by molar-refractivity contribution is 6.38. The molecule has 0 saturated carbocycles. The van der Waals surface area contributed by atoms with Gasteiger partial charge in [0.1, 0.15) is 9.52 Å². The quantitative estimate of drug-likeness (QED) is 0.453. The molecule has 0 spiro atoms. The Kier molecular flexibility index (Phi) is 4.89. The van der Waals surface area contributed by atoms with E-state index in [-0.39, 0.29) is 0 Å². The van der Waals surface area contributed by atoms with Crippen LogP contribution in [0.1, 0.15) is 13.3 Å². The lowest BCUT2D eigenvalue weighted by Crippen LogP contribution is -2.49. The van der Waals surface area contributed by atoms with Gasteiger partial charge in [0, 0.05) is 14.2 Å². The maximum atomic E-state index is 5.70. The van der Waals surface area contributed by atoms with Gasteiger partial charge in [0.2, 0.25) is 0 Å². The lowest BCUT2D eigenvalue weighted by Gasteiger charge is -2.25. The Balaban J connectivity index is 3.58. The third-order valence-electron chi connectivity index (χ3n) is 1.57. The van der Waals surface area contributed by atoms with E-state index >= 15 is 0 Å². The Labute approximate surface area is 64.7 Å². The Morgan fingerprint density at radius 3 is 2.20 bits per heavy atom. The number of hydrogen-bond donors (Lipinski definition) is 1. The minimum absolute atomic E-state index is 0.438. The van der Waals surface area contributed by atoms with Crippen LogP contribution in [0, 0.1) is 0 Å². The Morgan fingerprint density at radius 2 is 1.90 bits per heavy atom. The molecule has 0 rings (SSSR count). The van der Waals surface area contributed by atoms with Crippen LogP contribution in [0.4, 0.5) is 0 Å². The second-order valence-corrected chi connectivity index (χ2v) is 4.52. The van der Waals surface area contributed by atoms with Gasteiger partial charge in [-0.3, -0.25) is 5.73 Å². The average molecular weight is 163 g/mol. The first-order valence-electron chi connectivity index (χ1n) is 3.57. The van der Waals surface area contributed by atoms with E-state index in [0.29, 0.717) is 0 Å². The minimum Gasteiger partial charge on any atom is -0.345 e. The van der Waals surface area contributed by atoms with Crippen molar-refractivity contribution in [3.8, 4) is 0 Å². The van der Waals surface area contributed by atoms with Gasteiger partial charge in [0.25, 0.3) is 0 Å². The Morgan fingerprint density at radius 1 is 1.40 bits per heavy atom. The molecule has 0 aliphatic carbocycles. The molecule has 0 saturated heterocycles. The molecule has 0 fully saturated rings. The van der Waals surface area contributed by atoms with Crippen molar-refractivity contribution >= 4 is 9.52 Å². The van der Waals surface area contributed by atoms with Crippen LogP contribution in [-0.4, -0.2) is 29.3 Å². The second kappa shape index (κ2) is 4.84. The lowest BCUT2D eigenvalue weighted by molar-refractivity contribution is -0.139. The molecular formula is C6H17NO2Si. The van der Waals surface area contributed by atoms with Crippen molar-refractivity contribution in [3.63, 3.8) is 0 Å². The molecule has 4 heteroatoms. The second-order valence-electron chi connectivity index (χ2n) is 2.32. The van der Waals surface area contributed by atoms with Gasteiger partial charge in [-0.2, -0.15) is 0 Å². The van der Waals surface area contributed by atoms with Gasteiger partial charge in [-0.1, -0.05) is 19.4 Å². The monoisotopic (exact) mass is 163 g/mol. The minimum atomic E-state index is -0.726. The molecule has 0 radical (unpaired) electrons. The predicted molar refractivity (Wildman–Crippen MR) is 44.6 cm³/mol. The number of hydrogen-bond acceptors (Lipinski definition) is 3. The lowest BCUT2D eigenvalue weighted by atomic mass is 10.6. The molecule has 3 nitrogen and oxygen atoms in total. The van der Waals surface area contributed by atoms with Crippen molar-refractivity contribution in [2.75, 3.05) is 14.2 Å². The van der Waals surface area contributed by atoms with E-state index in [1.54, 1.807) is 14.2 Å². The van der Waals surface area contributed by atoms with Crippen LogP contribution < -0.4 is 5.73 Å². The van der Waals surface area contributed by atoms with Gasteiger partial charge in [-0.25, -0.2) is 0 Å². The van der Waals surface area contributed by atoms with Crippen molar-refractivity contribution < 1.29 is 9.47 Å². The molecule has 0 aliphatic heterocycles. The van der Waals surface area contributed by atoms with Crippen LogP contribution in [0.5, 0.6) is 0 Å². The summed E-state index contributed by atoms with van der Waals surface area (Å²) in [4.78, 5) is 0. The van der Waals surface area contributed by atoms with Gasteiger partial charge in [0.15, 0.2) is 5.53 Å². The van der Waals surface area contributed by atoms with E-state index in [0.717, 1.165) is 12.5 Å². The van der Waals surface area contributed by atoms with E-state index in [4.69, 9.17) is 15.2 Å². The van der Waals surface area contributed by atoms with Crippen LogP contribution in [0.2, 0.25) is 6.04 Å². The normalized spacial score (nSPS) is 13.2. The van der Waals surface area contributed by atoms with Crippen LogP contribution in [0.15, 0.2) is 0 Å². The van der Waals surface area contributed by atoms with Crippen molar-refractivity contribution in [2.24, 2.45) is 5.73 Å². The fourth-order valence-electron chi connectivity index (χ4n) is 0.711. The summed E-state index contributed by atoms with van der Waals surface area (Å²) in [5, 5.41) is 0. The van der Waals surface area contributed by atoms with Crippen molar-refractivity contribution in [1.29, 1.82) is 0 Å². The average Bonchev–Trinajstić information content (AvgIpc) is 2.00. The fourth-order valence-corrected chi connectivity index (χ4v) is 1.97. The van der Waals surface area contributed by atoms with Crippen LogP contribution in [0.25, 0.3) is 0 Å². The zero-order valence-corrected chi connectivity index (χ0v) is 8.43. The molecule has 2 N–H and O–H groups in total. The van der Waals surface area contributed by atoms with Crippen molar-refractivity contribution in [2.45, 2.75) is 24.9 Å². The largest absolute Gasteiger partial charge is 0.345 e. The summed E-state index contributed by atoms with van der Waals surface area (Å²) in [6.07, 6.45) is 1.16. The van der Waals surface area contributed by atoms with Gasteiger partial charge >= 0.3 is 0 Å². The molecule has 0 atom stereocenters. The van der Waals surface area contributed by atoms with Crippen LogP contribution >= 0.6 is 0 Å².